The van der Waals surface area contributed by atoms with Crippen molar-refractivity contribution in [3.8, 4) is 0 Å². The molecule has 0 aromatic carbocycles. The molecule has 0 aliphatic rings. The lowest BCUT2D eigenvalue weighted by atomic mass is 10.5. The highest BCUT2D eigenvalue weighted by atomic mass is 35.5. The van der Waals surface area contributed by atoms with Crippen LogP contribution in [0.3, 0.4) is 0 Å². The van der Waals surface area contributed by atoms with Gasteiger partial charge in [0.25, 0.3) is 0 Å². The molecule has 1 aromatic heterocycles. The van der Waals surface area contributed by atoms with Crippen LogP contribution in [0.1, 0.15) is 10.5 Å². The average molecular weight is 147 g/mol. The van der Waals surface area contributed by atoms with Crippen LogP contribution >= 0.6 is 11.6 Å². The van der Waals surface area contributed by atoms with Crippen LogP contribution in [0, 0.1) is 0 Å². The maximum Gasteiger partial charge on any atom is 0.356 e. The van der Waals surface area contributed by atoms with Gasteiger partial charge in [-0.05, 0) is 11.6 Å². The van der Waals surface area contributed by atoms with E-state index in [4.69, 9.17) is 16.7 Å². The van der Waals surface area contributed by atoms with E-state index in [-0.39, 0.29) is 11.0 Å². The molecule has 9 heavy (non-hydrogen) atoms. The number of aromatic nitrogens is 2. The van der Waals surface area contributed by atoms with E-state index in [2.05, 4.69) is 9.97 Å². The van der Waals surface area contributed by atoms with E-state index in [0.29, 0.717) is 0 Å². The summed E-state index contributed by atoms with van der Waals surface area (Å²) in [6.07, 6.45) is 1.23. The van der Waals surface area contributed by atoms with Crippen molar-refractivity contribution in [1.82, 2.24) is 9.97 Å². The van der Waals surface area contributed by atoms with Gasteiger partial charge in [-0.15, -0.1) is 0 Å². The van der Waals surface area contributed by atoms with Crippen molar-refractivity contribution < 1.29 is 9.90 Å². The Labute approximate surface area is 55.5 Å². The Hall–Kier alpha value is -1.03. The monoisotopic (exact) mass is 146 g/mol. The van der Waals surface area contributed by atoms with Crippen LogP contribution in [0.5, 0.6) is 0 Å². The molecule has 1 aromatic rings. The summed E-state index contributed by atoms with van der Waals surface area (Å²) in [5.74, 6) is -1.09. The van der Waals surface area contributed by atoms with Crippen molar-refractivity contribution in [2.24, 2.45) is 0 Å². The Morgan fingerprint density at radius 3 is 2.78 bits per heavy atom. The van der Waals surface area contributed by atoms with Crippen LogP contribution in [0.15, 0.2) is 6.20 Å². The minimum Gasteiger partial charge on any atom is -0.476 e. The summed E-state index contributed by atoms with van der Waals surface area (Å²) in [6.45, 7) is 0. The molecule has 0 aliphatic carbocycles. The smallest absolute Gasteiger partial charge is 0.356 e. The predicted octanol–water partition coefficient (Wildman–Crippen LogP) is 0.761. The normalized spacial score (nSPS) is 9.44. The van der Waals surface area contributed by atoms with E-state index in [9.17, 15) is 4.79 Å². The molecule has 0 fully saturated rings. The van der Waals surface area contributed by atoms with E-state index in [1.807, 2.05) is 0 Å². The largest absolute Gasteiger partial charge is 0.476 e. The third-order valence-electron chi connectivity index (χ3n) is 0.766. The van der Waals surface area contributed by atoms with E-state index >= 15 is 0 Å². The molecule has 0 saturated carbocycles. The first-order chi connectivity index (χ1) is 4.20. The second kappa shape index (κ2) is 2.06. The number of rotatable bonds is 1. The molecule has 48 valence electrons. The number of nitrogens with zero attached hydrogens (tertiary/aromatic N) is 1. The van der Waals surface area contributed by atoms with Gasteiger partial charge in [0.05, 0.1) is 0 Å². The number of H-pyrrole nitrogens is 1. The maximum atomic E-state index is 10.1. The first kappa shape index (κ1) is 6.10. The molecule has 0 spiro atoms. The standard InChI is InChI=1S/C4H3ClN2O2/c5-4-6-1-2(7-4)3(8)9/h1H,(H,6,7)(H,8,9). The fraction of sp³-hybridized carbons (Fsp3) is 0. The number of aromatic carboxylic acids is 1. The van der Waals surface area contributed by atoms with Crippen LogP contribution in [0.4, 0.5) is 0 Å². The van der Waals surface area contributed by atoms with Gasteiger partial charge in [-0.25, -0.2) is 9.78 Å². The molecule has 0 amide bonds. The number of hydrogen-bond donors (Lipinski definition) is 2. The third kappa shape index (κ3) is 1.20. The Kier molecular flexibility index (Phi) is 1.40. The van der Waals surface area contributed by atoms with Crippen molar-refractivity contribution >= 4 is 17.6 Å². The number of halogens is 1. The molecule has 0 bridgehead atoms. The van der Waals surface area contributed by atoms with Crippen LogP contribution in [-0.4, -0.2) is 21.0 Å². The second-order valence-corrected chi connectivity index (χ2v) is 1.74. The van der Waals surface area contributed by atoms with Crippen LogP contribution in [0.25, 0.3) is 0 Å². The summed E-state index contributed by atoms with van der Waals surface area (Å²) >= 11 is 5.27. The molecule has 0 saturated heterocycles. The lowest BCUT2D eigenvalue weighted by Gasteiger charge is -1.78. The highest BCUT2D eigenvalue weighted by Gasteiger charge is 2.04. The van der Waals surface area contributed by atoms with Crippen molar-refractivity contribution in [3.05, 3.63) is 17.2 Å². The Bertz CT molecular complexity index is 232. The summed E-state index contributed by atoms with van der Waals surface area (Å²) in [4.78, 5) is 15.9. The number of nitrogens with one attached hydrogen (secondary N) is 1. The maximum absolute atomic E-state index is 10.1. The number of carbonyl (C=O) groups is 1. The fourth-order valence-corrected chi connectivity index (χ4v) is 0.553. The fourth-order valence-electron chi connectivity index (χ4n) is 0.408. The summed E-state index contributed by atoms with van der Waals surface area (Å²) in [7, 11) is 0. The summed E-state index contributed by atoms with van der Waals surface area (Å²) in [5, 5.41) is 8.35. The lowest BCUT2D eigenvalue weighted by molar-refractivity contribution is 0.0691. The van der Waals surface area contributed by atoms with Crippen molar-refractivity contribution in [2.45, 2.75) is 0 Å². The van der Waals surface area contributed by atoms with E-state index in [1.54, 1.807) is 0 Å². The van der Waals surface area contributed by atoms with Gasteiger partial charge in [-0.2, -0.15) is 0 Å². The summed E-state index contributed by atoms with van der Waals surface area (Å²) in [6, 6.07) is 0. The zero-order valence-electron chi connectivity index (χ0n) is 4.26. The van der Waals surface area contributed by atoms with Gasteiger partial charge in [-0.3, -0.25) is 0 Å². The van der Waals surface area contributed by atoms with Gasteiger partial charge in [0.1, 0.15) is 0 Å². The number of carboxylic acids is 1. The van der Waals surface area contributed by atoms with Gasteiger partial charge >= 0.3 is 5.97 Å². The highest BCUT2D eigenvalue weighted by Crippen LogP contribution is 2.01. The number of hydrogen-bond acceptors (Lipinski definition) is 2. The first-order valence-electron chi connectivity index (χ1n) is 2.14. The van der Waals surface area contributed by atoms with Crippen LogP contribution in [0.2, 0.25) is 5.28 Å². The summed E-state index contributed by atoms with van der Waals surface area (Å²) < 4.78 is 0. The van der Waals surface area contributed by atoms with Gasteiger partial charge in [-0.1, -0.05) is 0 Å². The van der Waals surface area contributed by atoms with Gasteiger partial charge in [0, 0.05) is 6.20 Å². The molecule has 0 radical (unpaired) electrons. The molecule has 0 aliphatic heterocycles. The first-order valence-corrected chi connectivity index (χ1v) is 2.52. The highest BCUT2D eigenvalue weighted by molar-refractivity contribution is 6.28. The quantitative estimate of drug-likeness (QED) is 0.615. The molecule has 1 heterocycles. The number of imidazole rings is 1. The Balaban J connectivity index is 2.98. The van der Waals surface area contributed by atoms with Gasteiger partial charge in [0.15, 0.2) is 5.69 Å². The van der Waals surface area contributed by atoms with Gasteiger partial charge < -0.3 is 10.1 Å². The molecular weight excluding hydrogens is 144 g/mol. The van der Waals surface area contributed by atoms with E-state index in [0.717, 1.165) is 0 Å². The number of aromatic amines is 1. The molecule has 2 N–H and O–H groups in total. The third-order valence-corrected chi connectivity index (χ3v) is 0.959. The van der Waals surface area contributed by atoms with E-state index in [1.165, 1.54) is 6.20 Å². The lowest BCUT2D eigenvalue weighted by Crippen LogP contribution is -1.94. The topological polar surface area (TPSA) is 66.0 Å². The summed E-state index contributed by atoms with van der Waals surface area (Å²) in [5.41, 5.74) is -0.0694. The average Bonchev–Trinajstić information content (AvgIpc) is 2.14. The predicted molar refractivity (Wildman–Crippen MR) is 30.6 cm³/mol. The van der Waals surface area contributed by atoms with Crippen molar-refractivity contribution in [2.75, 3.05) is 0 Å². The Morgan fingerprint density at radius 1 is 1.89 bits per heavy atom. The molecular formula is C4H3ClN2O2. The molecule has 4 nitrogen and oxygen atoms in total. The molecule has 1 rings (SSSR count). The SMILES string of the molecule is O=C(O)c1c[nH]c(Cl)n1. The van der Waals surface area contributed by atoms with Crippen LogP contribution in [-0.2, 0) is 0 Å². The van der Waals surface area contributed by atoms with Crippen LogP contribution < -0.4 is 0 Å². The zero-order chi connectivity index (χ0) is 6.85. The zero-order valence-corrected chi connectivity index (χ0v) is 5.01. The van der Waals surface area contributed by atoms with Crippen molar-refractivity contribution in [3.63, 3.8) is 0 Å². The van der Waals surface area contributed by atoms with Gasteiger partial charge in [0.2, 0.25) is 5.28 Å². The molecule has 0 unspecified atom stereocenters. The molecule has 5 heteroatoms. The van der Waals surface area contributed by atoms with E-state index < -0.39 is 5.97 Å². The minimum absolute atomic E-state index is 0.0694. The number of carboxylic acid groups (broad SMARTS) is 1. The molecule has 0 atom stereocenters. The van der Waals surface area contributed by atoms with Crippen molar-refractivity contribution in [1.29, 1.82) is 0 Å². The second-order valence-electron chi connectivity index (χ2n) is 1.38. The minimum atomic E-state index is -1.09. The Morgan fingerprint density at radius 2 is 2.56 bits per heavy atom.